The van der Waals surface area contributed by atoms with Crippen molar-refractivity contribution in [3.8, 4) is 0 Å². The first-order valence-electron chi connectivity index (χ1n) is 13.4. The van der Waals surface area contributed by atoms with Gasteiger partial charge in [-0.2, -0.15) is 0 Å². The van der Waals surface area contributed by atoms with Crippen LogP contribution in [0.5, 0.6) is 0 Å². The zero-order valence-corrected chi connectivity index (χ0v) is 23.4. The molecular weight excluding hydrogens is 530 g/mol. The van der Waals surface area contributed by atoms with Gasteiger partial charge in [-0.3, -0.25) is 19.4 Å². The molecule has 1 aromatic heterocycles. The van der Waals surface area contributed by atoms with E-state index < -0.39 is 47.9 Å². The zero-order valence-electron chi connectivity index (χ0n) is 23.4. The van der Waals surface area contributed by atoms with Crippen molar-refractivity contribution in [2.45, 2.75) is 70.1 Å². The van der Waals surface area contributed by atoms with Crippen molar-refractivity contribution in [1.82, 2.24) is 25.9 Å². The van der Waals surface area contributed by atoms with Crippen LogP contribution in [0.2, 0.25) is 0 Å². The normalized spacial score (nSPS) is 13.9. The summed E-state index contributed by atoms with van der Waals surface area (Å²) in [6.07, 6.45) is 3.87. The van der Waals surface area contributed by atoms with E-state index in [0.717, 1.165) is 5.56 Å². The van der Waals surface area contributed by atoms with Gasteiger partial charge in [-0.1, -0.05) is 44.2 Å². The van der Waals surface area contributed by atoms with Crippen LogP contribution in [0.25, 0.3) is 0 Å². The molecular formula is C27H41N9O5. The summed E-state index contributed by atoms with van der Waals surface area (Å²) in [5.41, 5.74) is 18.3. The number of carboxylic acids is 1. The van der Waals surface area contributed by atoms with Crippen LogP contribution in [0, 0.1) is 5.92 Å². The van der Waals surface area contributed by atoms with E-state index in [2.05, 4.69) is 30.9 Å². The van der Waals surface area contributed by atoms with Crippen LogP contribution in [0.3, 0.4) is 0 Å². The summed E-state index contributed by atoms with van der Waals surface area (Å²) in [6.45, 7) is 3.89. The van der Waals surface area contributed by atoms with Crippen LogP contribution in [0.1, 0.15) is 44.4 Å². The molecule has 1 heterocycles. The number of aliphatic imine (C=N–C) groups is 1. The Morgan fingerprint density at radius 3 is 2.17 bits per heavy atom. The average molecular weight is 572 g/mol. The van der Waals surface area contributed by atoms with Gasteiger partial charge < -0.3 is 43.2 Å². The molecule has 2 rings (SSSR count). The Hall–Kier alpha value is -4.46. The highest BCUT2D eigenvalue weighted by molar-refractivity contribution is 5.94. The summed E-state index contributed by atoms with van der Waals surface area (Å²) in [4.78, 5) is 62.1. The van der Waals surface area contributed by atoms with Crippen LogP contribution in [0.15, 0.2) is 47.8 Å². The van der Waals surface area contributed by atoms with Crippen molar-refractivity contribution >= 4 is 29.7 Å². The van der Waals surface area contributed by atoms with E-state index in [1.54, 1.807) is 0 Å². The first-order chi connectivity index (χ1) is 19.5. The predicted octanol–water partition coefficient (Wildman–Crippen LogP) is -0.839. The fraction of sp³-hybridized carbons (Fsp3) is 0.481. The minimum Gasteiger partial charge on any atom is -0.480 e. The molecule has 0 radical (unpaired) electrons. The number of aromatic amines is 1. The second-order valence-corrected chi connectivity index (χ2v) is 10.2. The summed E-state index contributed by atoms with van der Waals surface area (Å²) in [6, 6.07) is 4.90. The number of hydrogen-bond acceptors (Lipinski definition) is 7. The standard InChI is InChI=1S/C27H41N9O5/c1-16(2)11-22(26(40)41)36-25(39)21(13-18-14-31-15-33-18)35-24(38)20(9-6-10-32-27(29)30)34-23(37)19(28)12-17-7-4-3-5-8-17/h3-5,7-8,14-16,19-22H,6,9-13,28H2,1-2H3,(H,31,33)(H,34,37)(H,35,38)(H,36,39)(H,40,41)(H4,29,30,32). The van der Waals surface area contributed by atoms with Gasteiger partial charge in [0.25, 0.3) is 0 Å². The number of hydrogen-bond donors (Lipinski definition) is 8. The summed E-state index contributed by atoms with van der Waals surface area (Å²) < 4.78 is 0. The van der Waals surface area contributed by atoms with E-state index in [0.29, 0.717) is 12.1 Å². The van der Waals surface area contributed by atoms with Gasteiger partial charge in [-0.05, 0) is 37.2 Å². The van der Waals surface area contributed by atoms with Crippen LogP contribution in [0.4, 0.5) is 0 Å². The number of imidazole rings is 1. The molecule has 0 spiro atoms. The number of aromatic nitrogens is 2. The monoisotopic (exact) mass is 571 g/mol. The van der Waals surface area contributed by atoms with Crippen molar-refractivity contribution < 1.29 is 24.3 Å². The van der Waals surface area contributed by atoms with Crippen LogP contribution in [-0.2, 0) is 32.0 Å². The lowest BCUT2D eigenvalue weighted by molar-refractivity contribution is -0.142. The number of carbonyl (C=O) groups excluding carboxylic acids is 3. The van der Waals surface area contributed by atoms with E-state index >= 15 is 0 Å². The Morgan fingerprint density at radius 1 is 0.951 bits per heavy atom. The number of benzene rings is 1. The summed E-state index contributed by atoms with van der Waals surface area (Å²) >= 11 is 0. The Labute approximate surface area is 238 Å². The lowest BCUT2D eigenvalue weighted by atomic mass is 10.0. The number of amides is 3. The number of rotatable bonds is 17. The van der Waals surface area contributed by atoms with Crippen LogP contribution >= 0.6 is 0 Å². The lowest BCUT2D eigenvalue weighted by Gasteiger charge is -2.25. The molecule has 0 saturated heterocycles. The van der Waals surface area contributed by atoms with E-state index in [9.17, 15) is 24.3 Å². The second kappa shape index (κ2) is 16.6. The van der Waals surface area contributed by atoms with Crippen LogP contribution < -0.4 is 33.2 Å². The fourth-order valence-electron chi connectivity index (χ4n) is 4.07. The Bertz CT molecular complexity index is 1150. The number of nitrogens with zero attached hydrogens (tertiary/aromatic N) is 2. The Kier molecular flexibility index (Phi) is 13.3. The fourth-order valence-corrected chi connectivity index (χ4v) is 4.07. The number of guanidine groups is 1. The predicted molar refractivity (Wildman–Crippen MR) is 153 cm³/mol. The largest absolute Gasteiger partial charge is 0.480 e. The molecule has 4 unspecified atom stereocenters. The molecule has 3 amide bonds. The van der Waals surface area contributed by atoms with Gasteiger partial charge in [-0.15, -0.1) is 0 Å². The Balaban J connectivity index is 2.20. The molecule has 0 saturated carbocycles. The third-order valence-corrected chi connectivity index (χ3v) is 6.15. The molecule has 14 nitrogen and oxygen atoms in total. The number of carboxylic acid groups (broad SMARTS) is 1. The number of nitrogens with one attached hydrogen (secondary N) is 4. The van der Waals surface area contributed by atoms with Gasteiger partial charge in [0.2, 0.25) is 17.7 Å². The van der Waals surface area contributed by atoms with Crippen molar-refractivity contribution in [3.05, 3.63) is 54.1 Å². The topological polar surface area (TPSA) is 244 Å². The molecule has 0 fully saturated rings. The minimum absolute atomic E-state index is 0.00181. The van der Waals surface area contributed by atoms with Gasteiger partial charge in [0.1, 0.15) is 18.1 Å². The highest BCUT2D eigenvalue weighted by Crippen LogP contribution is 2.08. The highest BCUT2D eigenvalue weighted by atomic mass is 16.4. The van der Waals surface area contributed by atoms with Crippen molar-refractivity contribution in [2.75, 3.05) is 6.54 Å². The molecule has 224 valence electrons. The van der Waals surface area contributed by atoms with E-state index in [4.69, 9.17) is 17.2 Å². The van der Waals surface area contributed by atoms with Gasteiger partial charge in [-0.25, -0.2) is 9.78 Å². The van der Waals surface area contributed by atoms with E-state index in [1.165, 1.54) is 12.5 Å². The summed E-state index contributed by atoms with van der Waals surface area (Å²) in [5, 5.41) is 17.4. The maximum absolute atomic E-state index is 13.5. The summed E-state index contributed by atoms with van der Waals surface area (Å²) in [5.74, 6) is -3.17. The third kappa shape index (κ3) is 12.1. The van der Waals surface area contributed by atoms with Crippen molar-refractivity contribution in [2.24, 2.45) is 28.1 Å². The molecule has 1 aromatic carbocycles. The van der Waals surface area contributed by atoms with Crippen molar-refractivity contribution in [3.63, 3.8) is 0 Å². The van der Waals surface area contributed by atoms with Crippen molar-refractivity contribution in [1.29, 1.82) is 0 Å². The SMILES string of the molecule is CC(C)CC(NC(=O)C(Cc1cnc[nH]1)NC(=O)C(CCCN=C(N)N)NC(=O)C(N)Cc1ccccc1)C(=O)O. The number of nitrogens with two attached hydrogens (primary N) is 3. The minimum atomic E-state index is -1.18. The molecule has 0 aliphatic rings. The van der Waals surface area contributed by atoms with Gasteiger partial charge in [0, 0.05) is 24.9 Å². The number of carbonyl (C=O) groups is 4. The molecule has 11 N–H and O–H groups in total. The summed E-state index contributed by atoms with van der Waals surface area (Å²) in [7, 11) is 0. The molecule has 0 bridgehead atoms. The first-order valence-corrected chi connectivity index (χ1v) is 13.4. The van der Waals surface area contributed by atoms with E-state index in [1.807, 2.05) is 44.2 Å². The number of H-pyrrole nitrogens is 1. The van der Waals surface area contributed by atoms with Gasteiger partial charge in [0.05, 0.1) is 12.4 Å². The number of aliphatic carboxylic acids is 1. The zero-order chi connectivity index (χ0) is 30.4. The molecule has 0 aliphatic carbocycles. The first kappa shape index (κ1) is 32.8. The second-order valence-electron chi connectivity index (χ2n) is 10.2. The third-order valence-electron chi connectivity index (χ3n) is 6.15. The quantitative estimate of drug-likeness (QED) is 0.0669. The van der Waals surface area contributed by atoms with E-state index in [-0.39, 0.29) is 44.1 Å². The molecule has 2 aromatic rings. The average Bonchev–Trinajstić information content (AvgIpc) is 3.42. The van der Waals surface area contributed by atoms with Crippen LogP contribution in [-0.4, -0.2) is 75.4 Å². The van der Waals surface area contributed by atoms with Gasteiger partial charge in [0.15, 0.2) is 5.96 Å². The smallest absolute Gasteiger partial charge is 0.326 e. The van der Waals surface area contributed by atoms with Gasteiger partial charge >= 0.3 is 5.97 Å². The molecule has 41 heavy (non-hydrogen) atoms. The molecule has 0 aliphatic heterocycles. The highest BCUT2D eigenvalue weighted by Gasteiger charge is 2.31. The molecule has 14 heteroatoms. The maximum Gasteiger partial charge on any atom is 0.326 e. The Morgan fingerprint density at radius 2 is 1.59 bits per heavy atom. The molecule has 4 atom stereocenters. The maximum atomic E-state index is 13.5. The lowest BCUT2D eigenvalue weighted by Crippen LogP contribution is -2.58.